The maximum absolute atomic E-state index is 10.7. The first kappa shape index (κ1) is 21.8. The largest absolute Gasteiger partial charge is 0.412 e. The molecule has 0 rings (SSSR count). The van der Waals surface area contributed by atoms with E-state index in [9.17, 15) is 9.59 Å². The number of hydrogen-bond acceptors (Lipinski definition) is 6. The molecule has 11 heteroatoms. The Morgan fingerprint density at radius 2 is 1.20 bits per heavy atom. The SMILES string of the molecule is CC(=O)[O][Pb]([O][Pb])([O][Pb])[O]C(C)=O.O.O. The summed E-state index contributed by atoms with van der Waals surface area (Å²) in [5.41, 5.74) is 0. The molecule has 0 aromatic carbocycles. The Hall–Kier alpha value is 1.55. The van der Waals surface area contributed by atoms with Crippen LogP contribution in [0.15, 0.2) is 0 Å². The normalized spacial score (nSPS) is 9.33. The molecule has 0 aliphatic heterocycles. The Kier molecular flexibility index (Phi) is 15.5. The van der Waals surface area contributed by atoms with Crippen molar-refractivity contribution in [3.63, 3.8) is 0 Å². The molecule has 8 nitrogen and oxygen atoms in total. The van der Waals surface area contributed by atoms with Gasteiger partial charge in [0.25, 0.3) is 0 Å². The van der Waals surface area contributed by atoms with E-state index >= 15 is 0 Å². The van der Waals surface area contributed by atoms with Gasteiger partial charge >= 0.3 is 117 Å². The van der Waals surface area contributed by atoms with Gasteiger partial charge < -0.3 is 11.0 Å². The second kappa shape index (κ2) is 10.7. The minimum atomic E-state index is -4.34. The first-order valence-electron chi connectivity index (χ1n) is 3.04. The molecule has 0 atom stereocenters. The van der Waals surface area contributed by atoms with E-state index < -0.39 is 34.9 Å². The molecule has 0 saturated carbocycles. The number of rotatable bonds is 4. The second-order valence-electron chi connectivity index (χ2n) is 1.89. The van der Waals surface area contributed by atoms with E-state index in [4.69, 9.17) is 6.65 Å². The summed E-state index contributed by atoms with van der Waals surface area (Å²) in [6.45, 7) is 2.44. The number of carbonyl (C=O) groups is 2. The van der Waals surface area contributed by atoms with Crippen molar-refractivity contribution in [2.45, 2.75) is 13.8 Å². The molecule has 0 amide bonds. The van der Waals surface area contributed by atoms with Crippen LogP contribution in [0.5, 0.6) is 0 Å². The Balaban J connectivity index is -0.000000720. The van der Waals surface area contributed by atoms with Crippen molar-refractivity contribution in [2.75, 3.05) is 0 Å². The molecule has 6 radical (unpaired) electrons. The van der Waals surface area contributed by atoms with Crippen LogP contribution >= 0.6 is 0 Å². The monoisotopic (exact) mass is 810 g/mol. The van der Waals surface area contributed by atoms with Crippen LogP contribution in [0.2, 0.25) is 0 Å². The fraction of sp³-hybridized carbons (Fsp3) is 0.500. The second-order valence-corrected chi connectivity index (χ2v) is 22.9. The fourth-order valence-corrected chi connectivity index (χ4v) is 23.8. The molecular weight excluding hydrogens is 798 g/mol. The van der Waals surface area contributed by atoms with E-state index in [0.717, 1.165) is 0 Å². The molecule has 15 heavy (non-hydrogen) atoms. The minimum Gasteiger partial charge on any atom is -0.412 e. The predicted octanol–water partition coefficient (Wildman–Crippen LogP) is -2.90. The molecule has 0 unspecified atom stereocenters. The standard InChI is InChI=1S/2C2H4O2.2H2O.2O.3Pb/c2*1-2(3)4;;;;;;;/h2*1H3,(H,3,4);2*1H2;;;;;/q;;;;;;;;+2/p-2. The van der Waals surface area contributed by atoms with Gasteiger partial charge in [-0.2, -0.15) is 0 Å². The Morgan fingerprint density at radius 1 is 0.933 bits per heavy atom. The van der Waals surface area contributed by atoms with Gasteiger partial charge in [-0.3, -0.25) is 0 Å². The quantitative estimate of drug-likeness (QED) is 0.280. The van der Waals surface area contributed by atoms with Gasteiger partial charge in [0.05, 0.1) is 0 Å². The van der Waals surface area contributed by atoms with E-state index in [1.165, 1.54) is 13.8 Å². The number of hydrogen-bond donors (Lipinski definition) is 0. The molecular formula is C4H10O8Pb3. The van der Waals surface area contributed by atoms with Crippen molar-refractivity contribution in [3.05, 3.63) is 0 Å². The molecule has 0 saturated heterocycles. The zero-order valence-corrected chi connectivity index (χ0v) is 19.6. The van der Waals surface area contributed by atoms with Gasteiger partial charge in [0.1, 0.15) is 0 Å². The average molecular weight is 808 g/mol. The van der Waals surface area contributed by atoms with E-state index in [0.29, 0.717) is 52.4 Å². The van der Waals surface area contributed by atoms with Crippen LogP contribution in [0.4, 0.5) is 0 Å². The van der Waals surface area contributed by atoms with Crippen molar-refractivity contribution in [1.82, 2.24) is 0 Å². The van der Waals surface area contributed by atoms with Crippen molar-refractivity contribution in [3.8, 4) is 0 Å². The van der Waals surface area contributed by atoms with Crippen LogP contribution in [0.3, 0.4) is 0 Å². The molecule has 0 fully saturated rings. The summed E-state index contributed by atoms with van der Waals surface area (Å²) in [5.74, 6) is -1.09. The summed E-state index contributed by atoms with van der Waals surface area (Å²) in [6, 6.07) is 0. The first-order chi connectivity index (χ1) is 5.95. The van der Waals surface area contributed by atoms with Crippen molar-refractivity contribution in [2.24, 2.45) is 0 Å². The molecule has 0 aliphatic carbocycles. The van der Waals surface area contributed by atoms with Gasteiger partial charge in [0.2, 0.25) is 0 Å². The molecule has 0 spiro atoms. The van der Waals surface area contributed by atoms with Gasteiger partial charge in [-0.1, -0.05) is 0 Å². The summed E-state index contributed by atoms with van der Waals surface area (Å²) >= 11 is -3.73. The van der Waals surface area contributed by atoms with Gasteiger partial charge in [0, 0.05) is 0 Å². The van der Waals surface area contributed by atoms with Crippen LogP contribution in [0, 0.1) is 0 Å². The summed E-state index contributed by atoms with van der Waals surface area (Å²) in [4.78, 5) is 21.3. The van der Waals surface area contributed by atoms with Gasteiger partial charge in [-0.15, -0.1) is 0 Å². The van der Waals surface area contributed by atoms with Crippen molar-refractivity contribution < 1.29 is 27.2 Å². The van der Waals surface area contributed by atoms with E-state index in [-0.39, 0.29) is 11.0 Å². The molecule has 0 bridgehead atoms. The average Bonchev–Trinajstić information content (AvgIpc) is 2.01. The molecule has 0 heterocycles. The molecule has 0 aromatic rings. The maximum Gasteiger partial charge on any atom is -0.412 e. The maximum atomic E-state index is 10.7. The fourth-order valence-electron chi connectivity index (χ4n) is 0.477. The van der Waals surface area contributed by atoms with Crippen LogP contribution in [-0.4, -0.2) is 98.3 Å². The topological polar surface area (TPSA) is 134 Å². The van der Waals surface area contributed by atoms with Crippen molar-refractivity contribution in [1.29, 1.82) is 0 Å². The smallest absolute Gasteiger partial charge is 0.412 e. The van der Waals surface area contributed by atoms with Gasteiger partial charge in [-0.05, 0) is 0 Å². The molecule has 0 aromatic heterocycles. The third kappa shape index (κ3) is 9.27. The summed E-state index contributed by atoms with van der Waals surface area (Å²) in [7, 11) is 0. The third-order valence-electron chi connectivity index (χ3n) is 0.787. The minimum absolute atomic E-state index is 0. The Bertz CT molecular complexity index is 186. The summed E-state index contributed by atoms with van der Waals surface area (Å²) < 4.78 is 19.6. The molecule has 4 N–H and O–H groups in total. The van der Waals surface area contributed by atoms with E-state index in [2.05, 4.69) is 0 Å². The third-order valence-corrected chi connectivity index (χ3v) is 24.0. The number of carbonyl (C=O) groups excluding carboxylic acids is 2. The molecule has 86 valence electrons. The summed E-state index contributed by atoms with van der Waals surface area (Å²) in [5, 5.41) is 0. The Morgan fingerprint density at radius 3 is 1.33 bits per heavy atom. The Labute approximate surface area is 127 Å². The van der Waals surface area contributed by atoms with Crippen LogP contribution in [0.25, 0.3) is 0 Å². The van der Waals surface area contributed by atoms with E-state index in [1.54, 1.807) is 0 Å². The summed E-state index contributed by atoms with van der Waals surface area (Å²) in [6.07, 6.45) is 0. The van der Waals surface area contributed by atoms with Crippen LogP contribution in [-0.2, 0) is 16.2 Å². The van der Waals surface area contributed by atoms with Crippen LogP contribution < -0.4 is 0 Å². The predicted molar refractivity (Wildman–Crippen MR) is 50.2 cm³/mol. The van der Waals surface area contributed by atoms with Gasteiger partial charge in [0.15, 0.2) is 0 Å². The van der Waals surface area contributed by atoms with Crippen molar-refractivity contribution >= 4 is 87.4 Å². The molecule has 0 aliphatic rings. The first-order valence-corrected chi connectivity index (χ1v) is 12.6. The van der Waals surface area contributed by atoms with Crippen LogP contribution in [0.1, 0.15) is 13.8 Å². The van der Waals surface area contributed by atoms with E-state index in [1.807, 2.05) is 0 Å². The zero-order valence-electron chi connectivity index (χ0n) is 7.95. The zero-order chi connectivity index (χ0) is 10.5. The van der Waals surface area contributed by atoms with Gasteiger partial charge in [-0.25, -0.2) is 0 Å².